The van der Waals surface area contributed by atoms with Crippen molar-refractivity contribution < 1.29 is 62.8 Å². The monoisotopic (exact) mass is 1280 g/mol. The number of unbranched alkanes of at least 4 members (excludes halogenated alkanes) is 3. The number of hydrogen-bond acceptors (Lipinski definition) is 15. The number of carbonyl (C=O) groups excluding carboxylic acids is 5. The van der Waals surface area contributed by atoms with Crippen molar-refractivity contribution in [2.24, 2.45) is 16.2 Å². The Balaban J connectivity index is 0.725. The van der Waals surface area contributed by atoms with Gasteiger partial charge in [-0.25, -0.2) is 30.3 Å². The summed E-state index contributed by atoms with van der Waals surface area (Å²) in [7, 11) is -9.20. The molecule has 4 N–H and O–H groups in total. The lowest BCUT2D eigenvalue weighted by Crippen LogP contribution is -2.66. The number of thioether (sulfide) groups is 1. The molecule has 4 aromatic rings. The second-order valence-electron chi connectivity index (χ2n) is 25.3. The van der Waals surface area contributed by atoms with E-state index < -0.39 is 94.3 Å². The van der Waals surface area contributed by atoms with Gasteiger partial charge in [0.1, 0.15) is 10.9 Å². The van der Waals surface area contributed by atoms with E-state index >= 15 is 0 Å². The molecule has 2 atom stereocenters. The van der Waals surface area contributed by atoms with E-state index in [1.54, 1.807) is 24.3 Å². The highest BCUT2D eigenvalue weighted by molar-refractivity contribution is 7.99. The molecule has 4 aliphatic carbocycles. The normalized spacial score (nSPS) is 22.5. The summed E-state index contributed by atoms with van der Waals surface area (Å²) in [6.45, 7) is 9.75. The average Bonchev–Trinajstić information content (AvgIpc) is 0.750. The summed E-state index contributed by atoms with van der Waals surface area (Å²) >= 11 is 1.40. The Morgan fingerprint density at radius 1 is 0.818 bits per heavy atom. The van der Waals surface area contributed by atoms with Crippen molar-refractivity contribution in [2.75, 3.05) is 80.7 Å². The Morgan fingerprint density at radius 2 is 1.52 bits per heavy atom. The summed E-state index contributed by atoms with van der Waals surface area (Å²) in [6.07, 6.45) is 5.96. The van der Waals surface area contributed by atoms with E-state index in [9.17, 15) is 62.8 Å². The third-order valence-corrected chi connectivity index (χ3v) is 22.4. The van der Waals surface area contributed by atoms with Crippen molar-refractivity contribution in [1.29, 1.82) is 0 Å². The third-order valence-electron chi connectivity index (χ3n) is 18.4. The van der Waals surface area contributed by atoms with Gasteiger partial charge in [-0.2, -0.15) is 13.2 Å². The third kappa shape index (κ3) is 13.8. The number of piperidine rings is 1. The zero-order valence-corrected chi connectivity index (χ0v) is 52.0. The quantitative estimate of drug-likeness (QED) is 0.0151. The zero-order valence-electron chi connectivity index (χ0n) is 49.5. The Labute approximate surface area is 514 Å². The summed E-state index contributed by atoms with van der Waals surface area (Å²) in [5.74, 6) is -3.13. The fourth-order valence-corrected chi connectivity index (χ4v) is 16.5. The number of sulfonamides is 1. The molecule has 5 fully saturated rings. The van der Waals surface area contributed by atoms with Crippen LogP contribution in [0.2, 0.25) is 0 Å². The van der Waals surface area contributed by atoms with Gasteiger partial charge in [0.05, 0.1) is 21.7 Å². The number of sulfone groups is 1. The summed E-state index contributed by atoms with van der Waals surface area (Å²) in [6, 6.07) is 21.0. The van der Waals surface area contributed by atoms with E-state index in [4.69, 9.17) is 0 Å². The number of nitrogens with one attached hydrogen (secondary N) is 4. The molecule has 1 unspecified atom stereocenters. The van der Waals surface area contributed by atoms with Crippen LogP contribution in [0.3, 0.4) is 0 Å². The lowest BCUT2D eigenvalue weighted by molar-refractivity contribution is -0.250. The SMILES string of the molecule is CN(CCCCCCNc1cccc2c1C(=O)N(C1CCC(=O)NC1=O)C2=O)CC[C@H](CSc1ccccc1)Nc1ccc(S(=O)(=O)NC(=O)c2ccc(N3CCN(CC4=C(C56CC(C(F)F)(C5)C6)CC(C)(C)CC4)CC3)cc2)cc1S(=O)(=O)C(F)(F)F. The molecule has 474 valence electrons. The highest BCUT2D eigenvalue weighted by Crippen LogP contribution is 2.79. The number of rotatable bonds is 26. The van der Waals surface area contributed by atoms with Gasteiger partial charge in [0, 0.05) is 84.7 Å². The van der Waals surface area contributed by atoms with E-state index in [1.165, 1.54) is 41.1 Å². The number of fused-ring (bicyclic) bond motifs is 1. The zero-order chi connectivity index (χ0) is 63.0. The standard InChI is InChI=1S/C63H75F5N8O9S3/c1-60(2)26-24-42(48(35-60)61-38-62(39-61,40-61)59(64)65)36-74-30-32-75(33-31-74)44-18-16-41(17-19-44)55(78)72-88(84,85)46-20-21-49(52(34-46)87(82,83)63(66,67)68)70-43(37-86-45-12-7-6-8-13-45)25-29-73(3)28-10-5-4-9-27-69-50-15-11-14-47-54(50)58(81)76(57(47)80)51-22-23-53(77)71-56(51)79/h6-8,11-21,34,43,51,59,69-70H,4-5,9-10,22-33,35-40H2,1-3H3,(H,72,78)(H,71,77,79)/t43-,51?,61?,62?/m1/s1. The number of benzene rings is 4. The lowest BCUT2D eigenvalue weighted by Gasteiger charge is -2.72. The van der Waals surface area contributed by atoms with E-state index in [1.807, 2.05) is 47.0 Å². The van der Waals surface area contributed by atoms with Gasteiger partial charge in [0.25, 0.3) is 37.6 Å². The number of piperazine rings is 1. The summed E-state index contributed by atoms with van der Waals surface area (Å²) in [5, 5.41) is 8.45. The van der Waals surface area contributed by atoms with Gasteiger partial charge >= 0.3 is 5.51 Å². The number of allylic oxidation sites excluding steroid dienone is 1. The van der Waals surface area contributed by atoms with Gasteiger partial charge in [-0.3, -0.25) is 39.1 Å². The van der Waals surface area contributed by atoms with Gasteiger partial charge in [-0.15, -0.1) is 11.8 Å². The van der Waals surface area contributed by atoms with Crippen LogP contribution in [0.15, 0.2) is 117 Å². The van der Waals surface area contributed by atoms with Crippen LogP contribution in [0, 0.1) is 16.2 Å². The van der Waals surface area contributed by atoms with Crippen LogP contribution in [0.4, 0.5) is 39.0 Å². The molecule has 3 aliphatic heterocycles. The van der Waals surface area contributed by atoms with Crippen molar-refractivity contribution in [3.05, 3.63) is 119 Å². The van der Waals surface area contributed by atoms with Gasteiger partial charge in [0.15, 0.2) is 0 Å². The van der Waals surface area contributed by atoms with Crippen molar-refractivity contribution in [3.8, 4) is 0 Å². The predicted octanol–water partition coefficient (Wildman–Crippen LogP) is 10.1. The van der Waals surface area contributed by atoms with Crippen LogP contribution in [0.1, 0.15) is 128 Å². The van der Waals surface area contributed by atoms with Crippen molar-refractivity contribution in [3.63, 3.8) is 0 Å². The number of imide groups is 2. The number of halogens is 5. The minimum Gasteiger partial charge on any atom is -0.384 e. The highest BCUT2D eigenvalue weighted by atomic mass is 32.2. The summed E-state index contributed by atoms with van der Waals surface area (Å²) < 4.78 is 127. The average molecular weight is 1280 g/mol. The molecule has 11 rings (SSSR count). The first kappa shape index (κ1) is 64.6. The number of nitrogens with zero attached hydrogens (tertiary/aromatic N) is 4. The molecule has 25 heteroatoms. The Morgan fingerprint density at radius 3 is 2.20 bits per heavy atom. The lowest BCUT2D eigenvalue weighted by atomic mass is 9.32. The van der Waals surface area contributed by atoms with Gasteiger partial charge < -0.3 is 20.4 Å². The summed E-state index contributed by atoms with van der Waals surface area (Å²) in [5.41, 5.74) is -2.65. The maximum atomic E-state index is 14.5. The Bertz CT molecular complexity index is 3560. The summed E-state index contributed by atoms with van der Waals surface area (Å²) in [4.78, 5) is 70.7. The smallest absolute Gasteiger partial charge is 0.384 e. The van der Waals surface area contributed by atoms with Crippen LogP contribution in [0.25, 0.3) is 0 Å². The number of amides is 5. The van der Waals surface area contributed by atoms with Crippen LogP contribution in [-0.2, 0) is 29.4 Å². The molecule has 2 saturated heterocycles. The maximum Gasteiger partial charge on any atom is 0.501 e. The second kappa shape index (κ2) is 25.8. The van der Waals surface area contributed by atoms with Crippen molar-refractivity contribution in [1.82, 2.24) is 24.7 Å². The molecular formula is C63H75F5N8O9S3. The molecular weight excluding hydrogens is 1200 g/mol. The number of alkyl halides is 5. The Kier molecular flexibility index (Phi) is 19.0. The highest BCUT2D eigenvalue weighted by Gasteiger charge is 2.73. The van der Waals surface area contributed by atoms with Gasteiger partial charge in [0.2, 0.25) is 18.2 Å². The first-order valence-electron chi connectivity index (χ1n) is 30.0. The van der Waals surface area contributed by atoms with Crippen molar-refractivity contribution in [2.45, 2.75) is 136 Å². The molecule has 0 aromatic heterocycles. The molecule has 0 radical (unpaired) electrons. The molecule has 7 aliphatic rings. The van der Waals surface area contributed by atoms with Gasteiger partial charge in [-0.05, 0) is 162 Å². The molecule has 3 saturated carbocycles. The number of anilines is 3. The van der Waals surface area contributed by atoms with E-state index in [-0.39, 0.29) is 46.1 Å². The minimum atomic E-state index is -6.16. The van der Waals surface area contributed by atoms with E-state index in [2.05, 4.69) is 39.6 Å². The van der Waals surface area contributed by atoms with E-state index in [0.29, 0.717) is 70.2 Å². The fraction of sp³-hybridized carbons (Fsp3) is 0.508. The second-order valence-corrected chi connectivity index (χ2v) is 30.0. The molecule has 88 heavy (non-hydrogen) atoms. The molecule has 4 aromatic carbocycles. The maximum absolute atomic E-state index is 14.5. The van der Waals surface area contributed by atoms with Crippen molar-refractivity contribution >= 4 is 78.2 Å². The molecule has 3 heterocycles. The minimum absolute atomic E-state index is 0.0128. The molecule has 2 bridgehead atoms. The van der Waals surface area contributed by atoms with Crippen LogP contribution in [-0.4, -0.2) is 150 Å². The Hall–Kier alpha value is -6.41. The van der Waals surface area contributed by atoms with Gasteiger partial charge in [-0.1, -0.05) is 62.1 Å². The fourth-order valence-electron chi connectivity index (χ4n) is 13.5. The largest absolute Gasteiger partial charge is 0.501 e. The predicted molar refractivity (Wildman–Crippen MR) is 326 cm³/mol. The molecule has 0 spiro atoms. The number of hydrogen-bond donors (Lipinski definition) is 4. The van der Waals surface area contributed by atoms with Crippen LogP contribution < -0.4 is 25.6 Å². The number of carbonyl (C=O) groups is 5. The van der Waals surface area contributed by atoms with Crippen LogP contribution >= 0.6 is 11.8 Å². The first-order chi connectivity index (χ1) is 41.7. The first-order valence-corrected chi connectivity index (χ1v) is 33.9. The topological polar surface area (TPSA) is 215 Å². The van der Waals surface area contributed by atoms with E-state index in [0.717, 1.165) is 92.2 Å². The molecule has 17 nitrogen and oxygen atoms in total. The van der Waals surface area contributed by atoms with Crippen LogP contribution in [0.5, 0.6) is 0 Å². The molecule has 5 amide bonds.